The van der Waals surface area contributed by atoms with Gasteiger partial charge in [0.25, 0.3) is 0 Å². The second kappa shape index (κ2) is 2.87. The van der Waals surface area contributed by atoms with Crippen molar-refractivity contribution in [3.63, 3.8) is 0 Å². The SMILES string of the molecule is C=C1C2N=CN(C)C2N(C)c2nc(C)cn21. The van der Waals surface area contributed by atoms with Crippen LogP contribution < -0.4 is 4.90 Å². The zero-order valence-corrected chi connectivity index (χ0v) is 9.75. The van der Waals surface area contributed by atoms with Crippen LogP contribution in [0.4, 0.5) is 5.95 Å². The fourth-order valence-corrected chi connectivity index (χ4v) is 2.49. The van der Waals surface area contributed by atoms with E-state index in [9.17, 15) is 0 Å². The van der Waals surface area contributed by atoms with Crippen LogP contribution in [-0.2, 0) is 0 Å². The van der Waals surface area contributed by atoms with Gasteiger partial charge in [0.15, 0.2) is 0 Å². The Bertz CT molecular complexity index is 487. The molecule has 3 heterocycles. The number of aryl methyl sites for hydroxylation is 1. The third-order valence-electron chi connectivity index (χ3n) is 3.28. The van der Waals surface area contributed by atoms with Crippen molar-refractivity contribution in [2.75, 3.05) is 19.0 Å². The Hall–Kier alpha value is -1.78. The molecular weight excluding hydrogens is 202 g/mol. The predicted octanol–water partition coefficient (Wildman–Crippen LogP) is 0.780. The van der Waals surface area contributed by atoms with Crippen LogP contribution in [0.5, 0.6) is 0 Å². The lowest BCUT2D eigenvalue weighted by molar-refractivity contribution is 0.362. The van der Waals surface area contributed by atoms with Gasteiger partial charge in [0, 0.05) is 26.0 Å². The molecule has 0 N–H and O–H groups in total. The Morgan fingerprint density at radius 1 is 1.38 bits per heavy atom. The Kier molecular flexibility index (Phi) is 1.70. The molecule has 1 aromatic rings. The summed E-state index contributed by atoms with van der Waals surface area (Å²) < 4.78 is 2.03. The van der Waals surface area contributed by atoms with Gasteiger partial charge in [-0.05, 0) is 6.92 Å². The van der Waals surface area contributed by atoms with Crippen molar-refractivity contribution in [2.24, 2.45) is 4.99 Å². The molecule has 2 aliphatic rings. The van der Waals surface area contributed by atoms with Gasteiger partial charge in [-0.1, -0.05) is 6.58 Å². The van der Waals surface area contributed by atoms with Gasteiger partial charge in [-0.25, -0.2) is 4.98 Å². The molecule has 0 bridgehead atoms. The molecule has 0 aliphatic carbocycles. The number of nitrogens with zero attached hydrogens (tertiary/aromatic N) is 5. The summed E-state index contributed by atoms with van der Waals surface area (Å²) >= 11 is 0. The van der Waals surface area contributed by atoms with Crippen molar-refractivity contribution in [1.82, 2.24) is 14.5 Å². The minimum absolute atomic E-state index is 0.107. The van der Waals surface area contributed by atoms with Gasteiger partial charge in [-0.2, -0.15) is 0 Å². The van der Waals surface area contributed by atoms with Crippen LogP contribution in [0.2, 0.25) is 0 Å². The summed E-state index contributed by atoms with van der Waals surface area (Å²) in [6, 6.07) is 0.107. The van der Waals surface area contributed by atoms with Crippen molar-refractivity contribution in [3.05, 3.63) is 18.5 Å². The summed E-state index contributed by atoms with van der Waals surface area (Å²) in [4.78, 5) is 13.3. The topological polar surface area (TPSA) is 36.7 Å². The first-order valence-corrected chi connectivity index (χ1v) is 5.33. The molecule has 5 heteroatoms. The molecule has 0 saturated carbocycles. The predicted molar refractivity (Wildman–Crippen MR) is 64.5 cm³/mol. The van der Waals surface area contributed by atoms with Crippen molar-refractivity contribution < 1.29 is 0 Å². The van der Waals surface area contributed by atoms with Gasteiger partial charge in [0.05, 0.1) is 12.0 Å². The lowest BCUT2D eigenvalue weighted by Gasteiger charge is -2.39. The zero-order chi connectivity index (χ0) is 11.4. The highest BCUT2D eigenvalue weighted by Gasteiger charge is 2.40. The number of fused-ring (bicyclic) bond motifs is 2. The van der Waals surface area contributed by atoms with Crippen molar-refractivity contribution in [2.45, 2.75) is 19.1 Å². The molecule has 84 valence electrons. The molecule has 0 saturated heterocycles. The summed E-state index contributed by atoms with van der Waals surface area (Å²) in [6.45, 7) is 6.13. The highest BCUT2D eigenvalue weighted by Crippen LogP contribution is 2.34. The molecule has 0 aromatic carbocycles. The van der Waals surface area contributed by atoms with E-state index in [2.05, 4.69) is 26.4 Å². The largest absolute Gasteiger partial charge is 0.343 e. The van der Waals surface area contributed by atoms with Gasteiger partial charge in [0.1, 0.15) is 12.2 Å². The smallest absolute Gasteiger partial charge is 0.211 e. The van der Waals surface area contributed by atoms with Crippen LogP contribution in [0.15, 0.2) is 17.8 Å². The number of imidazole rings is 1. The quantitative estimate of drug-likeness (QED) is 0.644. The first kappa shape index (κ1) is 9.45. The number of rotatable bonds is 0. The third-order valence-corrected chi connectivity index (χ3v) is 3.28. The van der Waals surface area contributed by atoms with E-state index in [1.165, 1.54) is 0 Å². The fraction of sp³-hybridized carbons (Fsp3) is 0.455. The first-order chi connectivity index (χ1) is 7.59. The van der Waals surface area contributed by atoms with Crippen molar-refractivity contribution in [3.8, 4) is 0 Å². The van der Waals surface area contributed by atoms with E-state index in [1.54, 1.807) is 0 Å². The molecule has 0 amide bonds. The number of hydrogen-bond acceptors (Lipinski definition) is 4. The minimum atomic E-state index is 0.107. The fourth-order valence-electron chi connectivity index (χ4n) is 2.49. The molecule has 16 heavy (non-hydrogen) atoms. The van der Waals surface area contributed by atoms with Crippen LogP contribution in [-0.4, -0.2) is 47.1 Å². The van der Waals surface area contributed by atoms with Gasteiger partial charge in [0.2, 0.25) is 5.95 Å². The molecule has 0 spiro atoms. The van der Waals surface area contributed by atoms with Gasteiger partial charge in [-0.3, -0.25) is 9.56 Å². The second-order valence-electron chi connectivity index (χ2n) is 4.44. The monoisotopic (exact) mass is 217 g/mol. The van der Waals surface area contributed by atoms with Gasteiger partial charge >= 0.3 is 0 Å². The second-order valence-corrected chi connectivity index (χ2v) is 4.44. The summed E-state index contributed by atoms with van der Waals surface area (Å²) in [5.41, 5.74) is 2.01. The number of hydrogen-bond donors (Lipinski definition) is 0. The van der Waals surface area contributed by atoms with Crippen molar-refractivity contribution in [1.29, 1.82) is 0 Å². The van der Waals surface area contributed by atoms with E-state index in [-0.39, 0.29) is 12.2 Å². The van der Waals surface area contributed by atoms with Crippen LogP contribution in [0.3, 0.4) is 0 Å². The van der Waals surface area contributed by atoms with E-state index >= 15 is 0 Å². The van der Waals surface area contributed by atoms with Gasteiger partial charge < -0.3 is 9.80 Å². The van der Waals surface area contributed by atoms with Crippen molar-refractivity contribution >= 4 is 18.0 Å². The zero-order valence-electron chi connectivity index (χ0n) is 9.75. The molecule has 0 fully saturated rings. The highest BCUT2D eigenvalue weighted by atomic mass is 15.5. The number of aromatic nitrogens is 2. The first-order valence-electron chi connectivity index (χ1n) is 5.33. The molecule has 3 rings (SSSR count). The van der Waals surface area contributed by atoms with E-state index < -0.39 is 0 Å². The normalized spacial score (nSPS) is 27.3. The molecule has 2 atom stereocenters. The lowest BCUT2D eigenvalue weighted by Crippen LogP contribution is -2.51. The maximum atomic E-state index is 4.52. The van der Waals surface area contributed by atoms with Gasteiger partial charge in [-0.15, -0.1) is 0 Å². The van der Waals surface area contributed by atoms with Crippen LogP contribution in [0.25, 0.3) is 5.70 Å². The van der Waals surface area contributed by atoms with E-state index in [0.717, 1.165) is 17.3 Å². The van der Waals surface area contributed by atoms with Crippen LogP contribution in [0.1, 0.15) is 5.69 Å². The molecular formula is C11H15N5. The average molecular weight is 217 g/mol. The van der Waals surface area contributed by atoms with Crippen LogP contribution in [0, 0.1) is 6.92 Å². The minimum Gasteiger partial charge on any atom is -0.343 e. The van der Waals surface area contributed by atoms with E-state index in [1.807, 2.05) is 38.1 Å². The number of likely N-dealkylation sites (N-methyl/N-ethyl adjacent to an activating group) is 2. The summed E-state index contributed by atoms with van der Waals surface area (Å²) in [5, 5.41) is 0. The summed E-state index contributed by atoms with van der Waals surface area (Å²) in [5.74, 6) is 0.945. The Balaban J connectivity index is 2.15. The molecule has 2 unspecified atom stereocenters. The Labute approximate surface area is 94.7 Å². The Morgan fingerprint density at radius 2 is 2.12 bits per heavy atom. The molecule has 2 aliphatic heterocycles. The maximum absolute atomic E-state index is 4.52. The molecule has 5 nitrogen and oxygen atoms in total. The molecule has 1 aromatic heterocycles. The standard InChI is InChI=1S/C11H15N5/c1-7-5-16-8(2)9-10(14(3)6-12-9)15(4)11(16)13-7/h5-6,9-10H,2H2,1,3-4H3. The summed E-state index contributed by atoms with van der Waals surface area (Å²) in [7, 11) is 4.08. The number of anilines is 1. The van der Waals surface area contributed by atoms with E-state index in [0.29, 0.717) is 0 Å². The maximum Gasteiger partial charge on any atom is 0.211 e. The number of aliphatic imine (C=N–C) groups is 1. The third kappa shape index (κ3) is 1.00. The summed E-state index contributed by atoms with van der Waals surface area (Å²) in [6.07, 6.45) is 4.09. The average Bonchev–Trinajstić information content (AvgIpc) is 2.79. The lowest BCUT2D eigenvalue weighted by atomic mass is 10.1. The molecule has 0 radical (unpaired) electrons. The van der Waals surface area contributed by atoms with E-state index in [4.69, 9.17) is 0 Å². The highest BCUT2D eigenvalue weighted by molar-refractivity contribution is 5.71. The van der Waals surface area contributed by atoms with Crippen LogP contribution >= 0.6 is 0 Å². The Morgan fingerprint density at radius 3 is 2.88 bits per heavy atom.